The second-order valence-corrected chi connectivity index (χ2v) is 5.66. The van der Waals surface area contributed by atoms with Crippen LogP contribution in [0.4, 0.5) is 0 Å². The lowest BCUT2D eigenvalue weighted by atomic mass is 10.2. The van der Waals surface area contributed by atoms with E-state index in [4.69, 9.17) is 4.74 Å². The largest absolute Gasteiger partial charge is 0.491 e. The van der Waals surface area contributed by atoms with Crippen LogP contribution >= 0.6 is 0 Å². The first-order valence-electron chi connectivity index (χ1n) is 7.32. The average Bonchev–Trinajstić information content (AvgIpc) is 3.19. The van der Waals surface area contributed by atoms with E-state index in [9.17, 15) is 0 Å². The van der Waals surface area contributed by atoms with E-state index in [2.05, 4.69) is 43.2 Å². The van der Waals surface area contributed by atoms with Crippen molar-refractivity contribution in [2.75, 3.05) is 20.1 Å². The SMILES string of the molecule is CC(C)Oc1ccccc1CNCCN(C)C1CC1. The van der Waals surface area contributed by atoms with E-state index in [1.165, 1.54) is 18.4 Å². The van der Waals surface area contributed by atoms with Crippen LogP contribution in [0.1, 0.15) is 32.3 Å². The molecule has 0 amide bonds. The molecule has 0 aliphatic heterocycles. The third kappa shape index (κ3) is 4.84. The summed E-state index contributed by atoms with van der Waals surface area (Å²) in [6.45, 7) is 7.16. The summed E-state index contributed by atoms with van der Waals surface area (Å²) in [7, 11) is 2.22. The topological polar surface area (TPSA) is 24.5 Å². The van der Waals surface area contributed by atoms with Crippen molar-refractivity contribution in [2.24, 2.45) is 0 Å². The number of hydrogen-bond acceptors (Lipinski definition) is 3. The van der Waals surface area contributed by atoms with Gasteiger partial charge in [0.15, 0.2) is 0 Å². The molecule has 1 aliphatic rings. The van der Waals surface area contributed by atoms with Crippen LogP contribution in [-0.4, -0.2) is 37.2 Å². The molecule has 0 spiro atoms. The summed E-state index contributed by atoms with van der Waals surface area (Å²) in [6, 6.07) is 9.13. The highest BCUT2D eigenvalue weighted by Crippen LogP contribution is 2.24. The molecule has 3 nitrogen and oxygen atoms in total. The fourth-order valence-electron chi connectivity index (χ4n) is 2.20. The molecular weight excluding hydrogens is 236 g/mol. The van der Waals surface area contributed by atoms with Gasteiger partial charge in [0.1, 0.15) is 5.75 Å². The third-order valence-electron chi connectivity index (χ3n) is 3.46. The number of hydrogen-bond donors (Lipinski definition) is 1. The maximum Gasteiger partial charge on any atom is 0.124 e. The van der Waals surface area contributed by atoms with Gasteiger partial charge in [0.05, 0.1) is 6.10 Å². The van der Waals surface area contributed by atoms with E-state index >= 15 is 0 Å². The molecule has 1 N–H and O–H groups in total. The van der Waals surface area contributed by atoms with Crippen LogP contribution in [0.2, 0.25) is 0 Å². The number of para-hydroxylation sites is 1. The minimum Gasteiger partial charge on any atom is -0.491 e. The standard InChI is InChI=1S/C16H26N2O/c1-13(2)19-16-7-5-4-6-14(16)12-17-10-11-18(3)15-8-9-15/h4-7,13,15,17H,8-12H2,1-3H3. The molecule has 1 aromatic carbocycles. The first-order valence-corrected chi connectivity index (χ1v) is 7.32. The molecule has 0 unspecified atom stereocenters. The van der Waals surface area contributed by atoms with Crippen LogP contribution in [-0.2, 0) is 6.54 Å². The Labute approximate surface area is 116 Å². The molecule has 2 rings (SSSR count). The van der Waals surface area contributed by atoms with Crippen LogP contribution in [0, 0.1) is 0 Å². The van der Waals surface area contributed by atoms with Crippen molar-refractivity contribution in [3.63, 3.8) is 0 Å². The van der Waals surface area contributed by atoms with Crippen LogP contribution in [0.15, 0.2) is 24.3 Å². The Morgan fingerprint density at radius 3 is 2.74 bits per heavy atom. The second-order valence-electron chi connectivity index (χ2n) is 5.66. The van der Waals surface area contributed by atoms with E-state index in [0.717, 1.165) is 31.4 Å². The van der Waals surface area contributed by atoms with Crippen LogP contribution in [0.5, 0.6) is 5.75 Å². The van der Waals surface area contributed by atoms with E-state index < -0.39 is 0 Å². The van der Waals surface area contributed by atoms with Crippen molar-refractivity contribution >= 4 is 0 Å². The van der Waals surface area contributed by atoms with Crippen LogP contribution < -0.4 is 10.1 Å². The van der Waals surface area contributed by atoms with Crippen molar-refractivity contribution in [3.8, 4) is 5.75 Å². The van der Waals surface area contributed by atoms with Gasteiger partial charge in [-0.15, -0.1) is 0 Å². The zero-order valence-electron chi connectivity index (χ0n) is 12.4. The summed E-state index contributed by atoms with van der Waals surface area (Å²) >= 11 is 0. The van der Waals surface area contributed by atoms with Gasteiger partial charge in [0.25, 0.3) is 0 Å². The highest BCUT2D eigenvalue weighted by Gasteiger charge is 2.25. The normalized spacial score (nSPS) is 15.2. The zero-order chi connectivity index (χ0) is 13.7. The Hall–Kier alpha value is -1.06. The molecule has 0 radical (unpaired) electrons. The summed E-state index contributed by atoms with van der Waals surface area (Å²) in [5.41, 5.74) is 1.24. The maximum atomic E-state index is 5.82. The van der Waals surface area contributed by atoms with Gasteiger partial charge in [0.2, 0.25) is 0 Å². The van der Waals surface area contributed by atoms with Gasteiger partial charge in [-0.25, -0.2) is 0 Å². The highest BCUT2D eigenvalue weighted by molar-refractivity contribution is 5.33. The van der Waals surface area contributed by atoms with Crippen LogP contribution in [0.3, 0.4) is 0 Å². The van der Waals surface area contributed by atoms with Gasteiger partial charge in [-0.1, -0.05) is 18.2 Å². The molecule has 1 saturated carbocycles. The number of benzene rings is 1. The second kappa shape index (κ2) is 6.92. The van der Waals surface area contributed by atoms with E-state index in [1.54, 1.807) is 0 Å². The molecule has 1 fully saturated rings. The Kier molecular flexibility index (Phi) is 5.23. The Morgan fingerprint density at radius 1 is 1.32 bits per heavy atom. The van der Waals surface area contributed by atoms with Crippen LogP contribution in [0.25, 0.3) is 0 Å². The summed E-state index contributed by atoms with van der Waals surface area (Å²) in [6.07, 6.45) is 2.98. The highest BCUT2D eigenvalue weighted by atomic mass is 16.5. The van der Waals surface area contributed by atoms with Crippen molar-refractivity contribution in [2.45, 2.75) is 45.4 Å². The average molecular weight is 262 g/mol. The lowest BCUT2D eigenvalue weighted by Gasteiger charge is -2.17. The Balaban J connectivity index is 1.75. The Morgan fingerprint density at radius 2 is 2.05 bits per heavy atom. The van der Waals surface area contributed by atoms with Gasteiger partial charge in [-0.2, -0.15) is 0 Å². The fourth-order valence-corrected chi connectivity index (χ4v) is 2.20. The van der Waals surface area contributed by atoms with Gasteiger partial charge in [0, 0.05) is 31.2 Å². The quantitative estimate of drug-likeness (QED) is 0.729. The monoisotopic (exact) mass is 262 g/mol. The molecular formula is C16H26N2O. The molecule has 0 atom stereocenters. The van der Waals surface area contributed by atoms with Crippen molar-refractivity contribution in [3.05, 3.63) is 29.8 Å². The maximum absolute atomic E-state index is 5.82. The van der Waals surface area contributed by atoms with Gasteiger partial charge in [-0.05, 0) is 39.8 Å². The van der Waals surface area contributed by atoms with Gasteiger partial charge >= 0.3 is 0 Å². The number of likely N-dealkylation sites (N-methyl/N-ethyl adjacent to an activating group) is 1. The molecule has 0 saturated heterocycles. The first-order chi connectivity index (χ1) is 9.16. The number of nitrogens with zero attached hydrogens (tertiary/aromatic N) is 1. The third-order valence-corrected chi connectivity index (χ3v) is 3.46. The minimum atomic E-state index is 0.224. The summed E-state index contributed by atoms with van der Waals surface area (Å²) in [4.78, 5) is 2.45. The predicted octanol–water partition coefficient (Wildman–Crippen LogP) is 2.66. The molecule has 0 bridgehead atoms. The van der Waals surface area contributed by atoms with E-state index in [1.807, 2.05) is 12.1 Å². The van der Waals surface area contributed by atoms with E-state index in [0.29, 0.717) is 0 Å². The Bertz CT molecular complexity index is 388. The lowest BCUT2D eigenvalue weighted by molar-refractivity contribution is 0.239. The summed E-state index contributed by atoms with van der Waals surface area (Å²) in [5.74, 6) is 1.00. The molecule has 19 heavy (non-hydrogen) atoms. The number of nitrogens with one attached hydrogen (secondary N) is 1. The number of ether oxygens (including phenoxy) is 1. The van der Waals surface area contributed by atoms with Gasteiger partial charge < -0.3 is 15.0 Å². The minimum absolute atomic E-state index is 0.224. The van der Waals surface area contributed by atoms with Crippen molar-refractivity contribution in [1.82, 2.24) is 10.2 Å². The lowest BCUT2D eigenvalue weighted by Crippen LogP contribution is -2.30. The molecule has 106 valence electrons. The first kappa shape index (κ1) is 14.4. The molecule has 0 heterocycles. The fraction of sp³-hybridized carbons (Fsp3) is 0.625. The molecule has 0 aromatic heterocycles. The summed E-state index contributed by atoms with van der Waals surface area (Å²) < 4.78 is 5.82. The van der Waals surface area contributed by atoms with Crippen molar-refractivity contribution in [1.29, 1.82) is 0 Å². The van der Waals surface area contributed by atoms with E-state index in [-0.39, 0.29) is 6.10 Å². The predicted molar refractivity (Wildman–Crippen MR) is 79.6 cm³/mol. The number of rotatable bonds is 8. The molecule has 3 heteroatoms. The van der Waals surface area contributed by atoms with Crippen molar-refractivity contribution < 1.29 is 4.74 Å². The zero-order valence-corrected chi connectivity index (χ0v) is 12.4. The smallest absolute Gasteiger partial charge is 0.124 e. The molecule has 1 aromatic rings. The summed E-state index contributed by atoms with van der Waals surface area (Å²) in [5, 5.41) is 3.51. The van der Waals surface area contributed by atoms with Gasteiger partial charge in [-0.3, -0.25) is 0 Å². The molecule has 1 aliphatic carbocycles.